The summed E-state index contributed by atoms with van der Waals surface area (Å²) in [5, 5.41) is 9.61. The number of aromatic carboxylic acids is 1. The zero-order chi connectivity index (χ0) is 14.8. The van der Waals surface area contributed by atoms with Gasteiger partial charge in [-0.15, -0.1) is 11.3 Å². The molecule has 8 heteroatoms. The van der Waals surface area contributed by atoms with E-state index in [1.807, 2.05) is 0 Å². The molecule has 0 spiro atoms. The second kappa shape index (κ2) is 5.88. The molecule has 0 bridgehead atoms. The lowest BCUT2D eigenvalue weighted by Gasteiger charge is -2.06. The van der Waals surface area contributed by atoms with Gasteiger partial charge in [0.05, 0.1) is 6.61 Å². The summed E-state index contributed by atoms with van der Waals surface area (Å²) in [7, 11) is -2.44. The molecule has 0 saturated heterocycles. The lowest BCUT2D eigenvalue weighted by Crippen LogP contribution is -2.28. The van der Waals surface area contributed by atoms with Gasteiger partial charge in [0.15, 0.2) is 0 Å². The van der Waals surface area contributed by atoms with E-state index in [1.54, 1.807) is 24.3 Å². The van der Waals surface area contributed by atoms with Gasteiger partial charge in [0.2, 0.25) is 10.0 Å². The molecule has 0 unspecified atom stereocenters. The molecule has 0 aliphatic heterocycles. The van der Waals surface area contributed by atoms with Crippen molar-refractivity contribution in [2.24, 2.45) is 0 Å². The second-order valence-electron chi connectivity index (χ2n) is 3.95. The molecule has 1 aromatic carbocycles. The van der Waals surface area contributed by atoms with E-state index in [2.05, 4.69) is 4.72 Å². The molecule has 0 radical (unpaired) electrons. The number of ether oxygens (including phenoxy) is 1. The normalized spacial score (nSPS) is 11.8. The maximum atomic E-state index is 12.3. The molecule has 108 valence electrons. The van der Waals surface area contributed by atoms with Crippen LogP contribution in [-0.2, 0) is 14.8 Å². The number of nitrogens with one attached hydrogen (secondary N) is 1. The van der Waals surface area contributed by atoms with Crippen LogP contribution in [0.2, 0.25) is 0 Å². The van der Waals surface area contributed by atoms with Gasteiger partial charge < -0.3 is 9.84 Å². The Labute approximate surface area is 120 Å². The lowest BCUT2D eigenvalue weighted by molar-refractivity contribution is 0.0698. The largest absolute Gasteiger partial charge is 0.477 e. The number of hydrogen-bond acceptors (Lipinski definition) is 5. The highest BCUT2D eigenvalue weighted by atomic mass is 32.2. The predicted octanol–water partition coefficient (Wildman–Crippen LogP) is 1.52. The molecular weight excluding hydrogens is 302 g/mol. The van der Waals surface area contributed by atoms with Crippen LogP contribution in [0.4, 0.5) is 0 Å². The average Bonchev–Trinajstić information content (AvgIpc) is 2.79. The summed E-state index contributed by atoms with van der Waals surface area (Å²) in [5.41, 5.74) is 0. The number of hydrogen-bond donors (Lipinski definition) is 2. The Morgan fingerprint density at radius 1 is 1.40 bits per heavy atom. The quantitative estimate of drug-likeness (QED) is 0.789. The molecule has 0 saturated carbocycles. The molecule has 2 N–H and O–H groups in total. The van der Waals surface area contributed by atoms with Gasteiger partial charge in [-0.1, -0.05) is 18.2 Å². The zero-order valence-electron chi connectivity index (χ0n) is 10.6. The summed E-state index contributed by atoms with van der Waals surface area (Å²) in [4.78, 5) is 10.9. The van der Waals surface area contributed by atoms with Gasteiger partial charge in [-0.25, -0.2) is 17.9 Å². The van der Waals surface area contributed by atoms with E-state index >= 15 is 0 Å². The third-order valence-corrected chi connectivity index (χ3v) is 5.44. The summed E-state index contributed by atoms with van der Waals surface area (Å²) in [6.07, 6.45) is 0. The minimum Gasteiger partial charge on any atom is -0.477 e. The molecule has 0 aliphatic carbocycles. The minimum atomic E-state index is -3.89. The van der Waals surface area contributed by atoms with Crippen LogP contribution in [0, 0.1) is 0 Å². The van der Waals surface area contributed by atoms with Crippen molar-refractivity contribution >= 4 is 37.4 Å². The Morgan fingerprint density at radius 3 is 2.75 bits per heavy atom. The van der Waals surface area contributed by atoms with Crippen LogP contribution in [0.3, 0.4) is 0 Å². The van der Waals surface area contributed by atoms with Gasteiger partial charge >= 0.3 is 5.97 Å². The number of benzene rings is 1. The lowest BCUT2D eigenvalue weighted by atomic mass is 10.2. The van der Waals surface area contributed by atoms with Gasteiger partial charge in [-0.2, -0.15) is 0 Å². The number of rotatable bonds is 6. The molecule has 2 aromatic rings. The molecule has 0 aliphatic rings. The Kier molecular flexibility index (Phi) is 4.39. The van der Waals surface area contributed by atoms with Crippen molar-refractivity contribution in [1.29, 1.82) is 0 Å². The second-order valence-corrected chi connectivity index (χ2v) is 6.71. The van der Waals surface area contributed by atoms with Crippen molar-refractivity contribution in [3.63, 3.8) is 0 Å². The third-order valence-electron chi connectivity index (χ3n) is 2.61. The maximum absolute atomic E-state index is 12.3. The first-order chi connectivity index (χ1) is 9.47. The fraction of sp³-hybridized carbons (Fsp3) is 0.250. The van der Waals surface area contributed by atoms with Crippen molar-refractivity contribution < 1.29 is 23.1 Å². The predicted molar refractivity (Wildman–Crippen MR) is 75.8 cm³/mol. The van der Waals surface area contributed by atoms with Crippen LogP contribution in [0.25, 0.3) is 10.1 Å². The van der Waals surface area contributed by atoms with Gasteiger partial charge in [-0.3, -0.25) is 0 Å². The fourth-order valence-corrected chi connectivity index (χ4v) is 4.53. The highest BCUT2D eigenvalue weighted by molar-refractivity contribution is 7.90. The van der Waals surface area contributed by atoms with E-state index in [1.165, 1.54) is 7.11 Å². The highest BCUT2D eigenvalue weighted by Gasteiger charge is 2.27. The van der Waals surface area contributed by atoms with Crippen molar-refractivity contribution in [2.45, 2.75) is 4.90 Å². The van der Waals surface area contributed by atoms with Crippen LogP contribution in [0.5, 0.6) is 0 Å². The Balaban J connectivity index is 2.56. The number of sulfonamides is 1. The minimum absolute atomic E-state index is 0.0854. The van der Waals surface area contributed by atoms with E-state index in [9.17, 15) is 18.3 Å². The number of methoxy groups -OCH3 is 1. The van der Waals surface area contributed by atoms with Gasteiger partial charge in [0.1, 0.15) is 9.77 Å². The summed E-state index contributed by atoms with van der Waals surface area (Å²) in [6.45, 7) is 0.297. The van der Waals surface area contributed by atoms with Crippen LogP contribution < -0.4 is 4.72 Å². The van der Waals surface area contributed by atoms with Crippen molar-refractivity contribution in [1.82, 2.24) is 4.72 Å². The SMILES string of the molecule is COCCNS(=O)(=O)c1c(C(=O)O)sc2ccccc12. The number of carbonyl (C=O) groups is 1. The maximum Gasteiger partial charge on any atom is 0.347 e. The van der Waals surface area contributed by atoms with Crippen LogP contribution in [0.15, 0.2) is 29.2 Å². The van der Waals surface area contributed by atoms with Gasteiger partial charge in [0, 0.05) is 23.7 Å². The van der Waals surface area contributed by atoms with Crippen LogP contribution >= 0.6 is 11.3 Å². The van der Waals surface area contributed by atoms with E-state index in [-0.39, 0.29) is 22.9 Å². The van der Waals surface area contributed by atoms with E-state index in [0.29, 0.717) is 10.1 Å². The molecule has 1 aromatic heterocycles. The van der Waals surface area contributed by atoms with E-state index in [0.717, 1.165) is 11.3 Å². The smallest absolute Gasteiger partial charge is 0.347 e. The molecule has 0 amide bonds. The highest BCUT2D eigenvalue weighted by Crippen LogP contribution is 2.34. The first-order valence-electron chi connectivity index (χ1n) is 5.71. The monoisotopic (exact) mass is 315 g/mol. The van der Waals surface area contributed by atoms with Crippen LogP contribution in [0.1, 0.15) is 9.67 Å². The summed E-state index contributed by atoms with van der Waals surface area (Å²) in [5.74, 6) is -1.25. The Hall–Kier alpha value is -1.48. The molecule has 2 rings (SSSR count). The van der Waals surface area contributed by atoms with Crippen molar-refractivity contribution in [3.05, 3.63) is 29.1 Å². The molecule has 0 atom stereocenters. The van der Waals surface area contributed by atoms with E-state index < -0.39 is 16.0 Å². The molecular formula is C12H13NO5S2. The third kappa shape index (κ3) is 2.83. The number of carboxylic acids is 1. The van der Waals surface area contributed by atoms with Crippen molar-refractivity contribution in [2.75, 3.05) is 20.3 Å². The fourth-order valence-electron chi connectivity index (χ4n) is 1.78. The first-order valence-corrected chi connectivity index (χ1v) is 8.01. The number of fused-ring (bicyclic) bond motifs is 1. The van der Waals surface area contributed by atoms with Crippen LogP contribution in [-0.4, -0.2) is 39.8 Å². The van der Waals surface area contributed by atoms with Gasteiger partial charge in [0.25, 0.3) is 0 Å². The summed E-state index contributed by atoms with van der Waals surface area (Å²) in [6, 6.07) is 6.71. The Morgan fingerprint density at radius 2 is 2.10 bits per heavy atom. The molecule has 1 heterocycles. The molecule has 20 heavy (non-hydrogen) atoms. The molecule has 0 fully saturated rings. The van der Waals surface area contributed by atoms with Crippen molar-refractivity contribution in [3.8, 4) is 0 Å². The Bertz CT molecular complexity index is 735. The average molecular weight is 315 g/mol. The zero-order valence-corrected chi connectivity index (χ0v) is 12.3. The summed E-state index contributed by atoms with van der Waals surface area (Å²) >= 11 is 0.948. The standard InChI is InChI=1S/C12H13NO5S2/c1-18-7-6-13-20(16,17)11-8-4-2-3-5-9(8)19-10(11)12(14)15/h2-5,13H,6-7H2,1H3,(H,14,15). The number of carboxylic acid groups (broad SMARTS) is 1. The van der Waals surface area contributed by atoms with Gasteiger partial charge in [-0.05, 0) is 6.07 Å². The molecule has 6 nitrogen and oxygen atoms in total. The number of thiophene rings is 1. The van der Waals surface area contributed by atoms with E-state index in [4.69, 9.17) is 4.74 Å². The summed E-state index contributed by atoms with van der Waals surface area (Å²) < 4.78 is 32.3. The first kappa shape index (κ1) is 14.9. The topological polar surface area (TPSA) is 92.7 Å².